The molecule has 0 atom stereocenters. The van der Waals surface area contributed by atoms with Crippen molar-refractivity contribution < 1.29 is 4.74 Å². The molecule has 1 N–H and O–H groups in total. The molecule has 1 aromatic heterocycles. The van der Waals surface area contributed by atoms with Gasteiger partial charge in [0.15, 0.2) is 0 Å². The maximum atomic E-state index is 12.4. The largest absolute Gasteiger partial charge is 0.494 e. The molecule has 2 aliphatic rings. The summed E-state index contributed by atoms with van der Waals surface area (Å²) in [5.41, 5.74) is 3.08. The molecule has 4 rings (SSSR count). The van der Waals surface area contributed by atoms with Gasteiger partial charge in [-0.1, -0.05) is 18.2 Å². The molecule has 25 heavy (non-hydrogen) atoms. The van der Waals surface area contributed by atoms with Crippen LogP contribution < -0.4 is 10.3 Å². The molecule has 0 unspecified atom stereocenters. The number of benzene rings is 1. The minimum atomic E-state index is 0.0648. The number of nitrogens with one attached hydrogen (secondary N) is 1. The third kappa shape index (κ3) is 3.76. The van der Waals surface area contributed by atoms with Crippen molar-refractivity contribution in [3.05, 3.63) is 57.3 Å². The summed E-state index contributed by atoms with van der Waals surface area (Å²) in [5.74, 6) is 2.53. The first-order valence-electron chi connectivity index (χ1n) is 9.27. The van der Waals surface area contributed by atoms with Crippen LogP contribution in [0, 0.1) is 5.92 Å². The Morgan fingerprint density at radius 1 is 1.32 bits per heavy atom. The smallest absolute Gasteiger partial charge is 0.254 e. The van der Waals surface area contributed by atoms with E-state index in [1.807, 2.05) is 25.1 Å². The maximum Gasteiger partial charge on any atom is 0.254 e. The summed E-state index contributed by atoms with van der Waals surface area (Å²) in [6, 6.07) is 8.19. The van der Waals surface area contributed by atoms with Crippen LogP contribution in [0.5, 0.6) is 5.75 Å². The van der Waals surface area contributed by atoms with Gasteiger partial charge in [0.25, 0.3) is 5.56 Å². The second-order valence-electron chi connectivity index (χ2n) is 7.09. The molecule has 1 fully saturated rings. The number of aromatic amines is 1. The first kappa shape index (κ1) is 16.3. The number of hydrogen-bond acceptors (Lipinski definition) is 4. The summed E-state index contributed by atoms with van der Waals surface area (Å²) in [5, 5.41) is 0. The molecule has 5 heteroatoms. The van der Waals surface area contributed by atoms with Crippen LogP contribution in [0.2, 0.25) is 0 Å². The van der Waals surface area contributed by atoms with E-state index in [9.17, 15) is 4.79 Å². The third-order valence-corrected chi connectivity index (χ3v) is 5.05. The predicted molar refractivity (Wildman–Crippen MR) is 96.7 cm³/mol. The highest BCUT2D eigenvalue weighted by molar-refractivity contribution is 5.33. The van der Waals surface area contributed by atoms with Crippen LogP contribution in [0.4, 0.5) is 0 Å². The Morgan fingerprint density at radius 2 is 2.16 bits per heavy atom. The molecular formula is C20H25N3O2. The second-order valence-corrected chi connectivity index (χ2v) is 7.09. The van der Waals surface area contributed by atoms with Crippen molar-refractivity contribution in [3.63, 3.8) is 0 Å². The van der Waals surface area contributed by atoms with Gasteiger partial charge in [-0.2, -0.15) is 0 Å². The van der Waals surface area contributed by atoms with E-state index in [1.165, 1.54) is 18.4 Å². The van der Waals surface area contributed by atoms with E-state index in [-0.39, 0.29) is 5.56 Å². The molecule has 2 aromatic rings. The number of fused-ring (bicyclic) bond motifs is 1. The Labute approximate surface area is 148 Å². The fraction of sp³-hybridized carbons (Fsp3) is 0.500. The molecule has 2 heterocycles. The van der Waals surface area contributed by atoms with Crippen LogP contribution in [-0.4, -0.2) is 28.0 Å². The highest BCUT2D eigenvalue weighted by Crippen LogP contribution is 2.31. The lowest BCUT2D eigenvalue weighted by Gasteiger charge is -2.28. The zero-order valence-corrected chi connectivity index (χ0v) is 14.8. The van der Waals surface area contributed by atoms with Crippen LogP contribution in [-0.2, 0) is 25.9 Å². The average Bonchev–Trinajstić information content (AvgIpc) is 3.40. The van der Waals surface area contributed by atoms with Crippen molar-refractivity contribution in [2.75, 3.05) is 13.2 Å². The van der Waals surface area contributed by atoms with E-state index in [0.717, 1.165) is 61.2 Å². The summed E-state index contributed by atoms with van der Waals surface area (Å²) < 4.78 is 5.74. The first-order chi connectivity index (χ1) is 12.2. The zero-order chi connectivity index (χ0) is 17.2. The Hall–Kier alpha value is -2.14. The number of aromatic nitrogens is 2. The van der Waals surface area contributed by atoms with Crippen molar-refractivity contribution >= 4 is 0 Å². The molecule has 1 aliphatic carbocycles. The van der Waals surface area contributed by atoms with Crippen LogP contribution in [0.1, 0.15) is 42.4 Å². The molecule has 1 aliphatic heterocycles. The predicted octanol–water partition coefficient (Wildman–Crippen LogP) is 2.68. The maximum absolute atomic E-state index is 12.4. The van der Waals surface area contributed by atoms with E-state index >= 15 is 0 Å². The fourth-order valence-electron chi connectivity index (χ4n) is 3.54. The number of H-pyrrole nitrogens is 1. The van der Waals surface area contributed by atoms with E-state index in [0.29, 0.717) is 6.61 Å². The highest BCUT2D eigenvalue weighted by atomic mass is 16.5. The molecule has 1 saturated carbocycles. The molecule has 0 radical (unpaired) electrons. The van der Waals surface area contributed by atoms with Gasteiger partial charge >= 0.3 is 0 Å². The Bertz CT molecular complexity index is 811. The van der Waals surface area contributed by atoms with E-state index in [4.69, 9.17) is 9.72 Å². The van der Waals surface area contributed by atoms with Gasteiger partial charge in [0.05, 0.1) is 12.3 Å². The number of hydrogen-bond donors (Lipinski definition) is 1. The number of rotatable bonds is 6. The van der Waals surface area contributed by atoms with Crippen molar-refractivity contribution in [3.8, 4) is 5.75 Å². The lowest BCUT2D eigenvalue weighted by atomic mass is 10.0. The van der Waals surface area contributed by atoms with Crippen LogP contribution in [0.15, 0.2) is 29.1 Å². The number of para-hydroxylation sites is 1. The quantitative estimate of drug-likeness (QED) is 0.879. The molecule has 132 valence electrons. The lowest BCUT2D eigenvalue weighted by Crippen LogP contribution is -2.35. The Kier molecular flexibility index (Phi) is 4.57. The SMILES string of the molecule is CCOc1ccccc1CN1CCc2c(nc(CC3CC3)[nH]c2=O)C1. The summed E-state index contributed by atoms with van der Waals surface area (Å²) in [6.45, 7) is 5.10. The number of ether oxygens (including phenoxy) is 1. The average molecular weight is 339 g/mol. The molecule has 0 bridgehead atoms. The Balaban J connectivity index is 1.52. The first-order valence-corrected chi connectivity index (χ1v) is 9.27. The lowest BCUT2D eigenvalue weighted by molar-refractivity contribution is 0.234. The normalized spacial score (nSPS) is 17.3. The molecule has 0 amide bonds. The van der Waals surface area contributed by atoms with Gasteiger partial charge in [0.2, 0.25) is 0 Å². The van der Waals surface area contributed by atoms with Crippen molar-refractivity contribution in [2.45, 2.75) is 45.7 Å². The van der Waals surface area contributed by atoms with E-state index < -0.39 is 0 Å². The fourth-order valence-corrected chi connectivity index (χ4v) is 3.54. The number of nitrogens with zero attached hydrogens (tertiary/aromatic N) is 2. The standard InChI is InChI=1S/C20H25N3O2/c1-2-25-18-6-4-3-5-15(18)12-23-10-9-16-17(13-23)21-19(22-20(16)24)11-14-7-8-14/h3-6,14H,2,7-13H2,1H3,(H,21,22,24). The van der Waals surface area contributed by atoms with Gasteiger partial charge in [-0.3, -0.25) is 9.69 Å². The van der Waals surface area contributed by atoms with E-state index in [2.05, 4.69) is 16.0 Å². The monoisotopic (exact) mass is 339 g/mol. The minimum Gasteiger partial charge on any atom is -0.494 e. The summed E-state index contributed by atoms with van der Waals surface area (Å²) >= 11 is 0. The van der Waals surface area contributed by atoms with Gasteiger partial charge in [-0.15, -0.1) is 0 Å². The van der Waals surface area contributed by atoms with Crippen LogP contribution >= 0.6 is 0 Å². The van der Waals surface area contributed by atoms with Crippen molar-refractivity contribution in [1.29, 1.82) is 0 Å². The summed E-state index contributed by atoms with van der Waals surface area (Å²) in [7, 11) is 0. The molecular weight excluding hydrogens is 314 g/mol. The van der Waals surface area contributed by atoms with Gasteiger partial charge < -0.3 is 9.72 Å². The van der Waals surface area contributed by atoms with Crippen molar-refractivity contribution in [2.24, 2.45) is 5.92 Å². The topological polar surface area (TPSA) is 58.2 Å². The molecule has 0 spiro atoms. The second kappa shape index (κ2) is 7.00. The van der Waals surface area contributed by atoms with Crippen molar-refractivity contribution in [1.82, 2.24) is 14.9 Å². The van der Waals surface area contributed by atoms with E-state index in [1.54, 1.807) is 0 Å². The van der Waals surface area contributed by atoms with Gasteiger partial charge in [0, 0.05) is 37.2 Å². The highest BCUT2D eigenvalue weighted by Gasteiger charge is 2.25. The van der Waals surface area contributed by atoms with Gasteiger partial charge in [0.1, 0.15) is 11.6 Å². The van der Waals surface area contributed by atoms with Crippen LogP contribution in [0.3, 0.4) is 0 Å². The van der Waals surface area contributed by atoms with Gasteiger partial charge in [-0.05, 0) is 38.2 Å². The van der Waals surface area contributed by atoms with Crippen LogP contribution in [0.25, 0.3) is 0 Å². The molecule has 5 nitrogen and oxygen atoms in total. The minimum absolute atomic E-state index is 0.0648. The molecule has 0 saturated heterocycles. The summed E-state index contributed by atoms with van der Waals surface area (Å²) in [6.07, 6.45) is 4.20. The Morgan fingerprint density at radius 3 is 2.96 bits per heavy atom. The molecule has 1 aromatic carbocycles. The van der Waals surface area contributed by atoms with Gasteiger partial charge in [-0.25, -0.2) is 4.98 Å². The third-order valence-electron chi connectivity index (χ3n) is 5.05. The summed E-state index contributed by atoms with van der Waals surface area (Å²) in [4.78, 5) is 22.5. The zero-order valence-electron chi connectivity index (χ0n) is 14.8.